The van der Waals surface area contributed by atoms with Gasteiger partial charge < -0.3 is 9.88 Å². The van der Waals surface area contributed by atoms with E-state index in [0.717, 1.165) is 34.9 Å². The van der Waals surface area contributed by atoms with Crippen LogP contribution in [0.1, 0.15) is 48.8 Å². The van der Waals surface area contributed by atoms with Crippen LogP contribution in [0.5, 0.6) is 0 Å². The second-order valence-corrected chi connectivity index (χ2v) is 8.46. The lowest BCUT2D eigenvalue weighted by Gasteiger charge is -2.22. The lowest BCUT2D eigenvalue weighted by Crippen LogP contribution is -2.35. The highest BCUT2D eigenvalue weighted by atomic mass is 32.2. The molecule has 0 aliphatic heterocycles. The molecule has 3 aromatic rings. The number of nitrogens with zero attached hydrogens (tertiary/aromatic N) is 3. The van der Waals surface area contributed by atoms with E-state index in [1.165, 1.54) is 11.8 Å². The molecule has 1 N–H and O–H groups in total. The van der Waals surface area contributed by atoms with Crippen molar-refractivity contribution in [1.29, 1.82) is 0 Å². The highest BCUT2D eigenvalue weighted by molar-refractivity contribution is 8.00. The van der Waals surface area contributed by atoms with E-state index in [1.807, 2.05) is 74.5 Å². The Morgan fingerprint density at radius 2 is 1.61 bits per heavy atom. The van der Waals surface area contributed by atoms with Crippen molar-refractivity contribution in [2.24, 2.45) is 0 Å². The summed E-state index contributed by atoms with van der Waals surface area (Å²) in [5.41, 5.74) is 2.13. The van der Waals surface area contributed by atoms with Gasteiger partial charge in [-0.3, -0.25) is 4.79 Å². The maximum absolute atomic E-state index is 13.0. The lowest BCUT2D eigenvalue weighted by atomic mass is 9.98. The number of carbonyl (C=O) groups is 1. The normalized spacial score (nSPS) is 14.8. The number of aryl methyl sites for hydroxylation is 1. The summed E-state index contributed by atoms with van der Waals surface area (Å²) in [5, 5.41) is 12.3. The van der Waals surface area contributed by atoms with Gasteiger partial charge >= 0.3 is 0 Å². The summed E-state index contributed by atoms with van der Waals surface area (Å²) in [4.78, 5) is 13.0. The number of nitrogens with one attached hydrogen (secondary N) is 1. The van der Waals surface area contributed by atoms with Gasteiger partial charge in [-0.1, -0.05) is 72.4 Å². The number of thioether (sulfide) groups is 1. The number of aromatic nitrogens is 3. The van der Waals surface area contributed by atoms with E-state index in [1.54, 1.807) is 0 Å². The number of benzene rings is 2. The molecule has 2 aromatic carbocycles. The average molecular weight is 393 g/mol. The van der Waals surface area contributed by atoms with Gasteiger partial charge in [0.15, 0.2) is 5.16 Å². The standard InChI is InChI=1S/C22H24N4OS/c1-15(28-22-25-24-16(2)26(22)19-13-14-19)21(27)23-20(17-9-5-3-6-10-17)18-11-7-4-8-12-18/h3-12,15,19-20H,13-14H2,1-2H3,(H,23,27)/t15-/m1/s1. The zero-order chi connectivity index (χ0) is 19.5. The van der Waals surface area contributed by atoms with Gasteiger partial charge in [-0.05, 0) is 37.8 Å². The van der Waals surface area contributed by atoms with Crippen LogP contribution in [-0.2, 0) is 4.79 Å². The molecule has 1 heterocycles. The van der Waals surface area contributed by atoms with E-state index in [-0.39, 0.29) is 17.2 Å². The molecule has 1 aliphatic rings. The van der Waals surface area contributed by atoms with Crippen LogP contribution in [-0.4, -0.2) is 25.9 Å². The van der Waals surface area contributed by atoms with E-state index in [2.05, 4.69) is 20.1 Å². The van der Waals surface area contributed by atoms with Crippen LogP contribution < -0.4 is 5.32 Å². The first-order valence-electron chi connectivity index (χ1n) is 9.62. The topological polar surface area (TPSA) is 59.8 Å². The number of rotatable bonds is 7. The van der Waals surface area contributed by atoms with E-state index in [0.29, 0.717) is 6.04 Å². The molecular weight excluding hydrogens is 368 g/mol. The third-order valence-electron chi connectivity index (χ3n) is 4.95. The van der Waals surface area contributed by atoms with E-state index >= 15 is 0 Å². The molecule has 0 saturated heterocycles. The molecule has 1 amide bonds. The molecule has 0 radical (unpaired) electrons. The Morgan fingerprint density at radius 3 is 2.14 bits per heavy atom. The maximum atomic E-state index is 13.0. The number of hydrogen-bond donors (Lipinski definition) is 1. The van der Waals surface area contributed by atoms with Crippen molar-refractivity contribution < 1.29 is 4.79 Å². The van der Waals surface area contributed by atoms with Crippen LogP contribution in [0.15, 0.2) is 65.8 Å². The third-order valence-corrected chi connectivity index (χ3v) is 6.01. The van der Waals surface area contributed by atoms with Gasteiger partial charge in [-0.25, -0.2) is 0 Å². The first-order valence-corrected chi connectivity index (χ1v) is 10.5. The molecular formula is C22H24N4OS. The molecule has 1 atom stereocenters. The molecule has 0 bridgehead atoms. The van der Waals surface area contributed by atoms with Gasteiger partial charge in [0.05, 0.1) is 11.3 Å². The average Bonchev–Trinajstić information content (AvgIpc) is 3.50. The molecule has 1 aromatic heterocycles. The van der Waals surface area contributed by atoms with Gasteiger partial charge in [-0.2, -0.15) is 0 Å². The molecule has 28 heavy (non-hydrogen) atoms. The van der Waals surface area contributed by atoms with Crippen molar-refractivity contribution in [3.05, 3.63) is 77.6 Å². The summed E-state index contributed by atoms with van der Waals surface area (Å²) in [7, 11) is 0. The monoisotopic (exact) mass is 392 g/mol. The Kier molecular flexibility index (Phi) is 5.48. The number of amides is 1. The largest absolute Gasteiger partial charge is 0.344 e. The van der Waals surface area contributed by atoms with Crippen LogP contribution >= 0.6 is 11.8 Å². The first kappa shape index (κ1) is 18.7. The van der Waals surface area contributed by atoms with E-state index < -0.39 is 0 Å². The second-order valence-electron chi connectivity index (χ2n) is 7.15. The van der Waals surface area contributed by atoms with Gasteiger partial charge in [0.25, 0.3) is 0 Å². The van der Waals surface area contributed by atoms with E-state index in [9.17, 15) is 4.79 Å². The lowest BCUT2D eigenvalue weighted by molar-refractivity contribution is -0.120. The molecule has 4 rings (SSSR count). The van der Waals surface area contributed by atoms with Gasteiger partial charge in [0, 0.05) is 6.04 Å². The predicted octanol–water partition coefficient (Wildman–Crippen LogP) is 4.31. The molecule has 6 heteroatoms. The minimum atomic E-state index is -0.268. The molecule has 1 aliphatic carbocycles. The van der Waals surface area contributed by atoms with Gasteiger partial charge in [0.2, 0.25) is 5.91 Å². The zero-order valence-electron chi connectivity index (χ0n) is 16.1. The third kappa shape index (κ3) is 4.12. The van der Waals surface area contributed by atoms with Crippen LogP contribution in [0.4, 0.5) is 0 Å². The highest BCUT2D eigenvalue weighted by Gasteiger charge is 2.30. The molecule has 144 valence electrons. The van der Waals surface area contributed by atoms with Crippen molar-refractivity contribution in [3.8, 4) is 0 Å². The van der Waals surface area contributed by atoms with Crippen molar-refractivity contribution in [3.63, 3.8) is 0 Å². The van der Waals surface area contributed by atoms with Crippen molar-refractivity contribution >= 4 is 17.7 Å². The summed E-state index contributed by atoms with van der Waals surface area (Å²) in [6.07, 6.45) is 2.33. The molecule has 5 nitrogen and oxygen atoms in total. The summed E-state index contributed by atoms with van der Waals surface area (Å²) in [5.74, 6) is 0.912. The Morgan fingerprint density at radius 1 is 1.04 bits per heavy atom. The minimum absolute atomic E-state index is 0.00861. The Hall–Kier alpha value is -2.60. The molecule has 1 fully saturated rings. The summed E-state index contributed by atoms with van der Waals surface area (Å²) >= 11 is 1.48. The van der Waals surface area contributed by atoms with Crippen LogP contribution in [0.25, 0.3) is 0 Å². The van der Waals surface area contributed by atoms with E-state index in [4.69, 9.17) is 0 Å². The summed E-state index contributed by atoms with van der Waals surface area (Å²) < 4.78 is 2.17. The Labute approximate surface area is 169 Å². The first-order chi connectivity index (χ1) is 13.6. The summed E-state index contributed by atoms with van der Waals surface area (Å²) in [6.45, 7) is 3.90. The second kappa shape index (κ2) is 8.19. The molecule has 0 unspecified atom stereocenters. The minimum Gasteiger partial charge on any atom is -0.344 e. The molecule has 0 spiro atoms. The van der Waals surface area contributed by atoms with Gasteiger partial charge in [-0.15, -0.1) is 10.2 Å². The van der Waals surface area contributed by atoms with Crippen LogP contribution in [0.3, 0.4) is 0 Å². The smallest absolute Gasteiger partial charge is 0.234 e. The van der Waals surface area contributed by atoms with Crippen molar-refractivity contribution in [2.45, 2.75) is 49.2 Å². The number of hydrogen-bond acceptors (Lipinski definition) is 4. The molecule has 1 saturated carbocycles. The fraction of sp³-hybridized carbons (Fsp3) is 0.318. The maximum Gasteiger partial charge on any atom is 0.234 e. The van der Waals surface area contributed by atoms with Gasteiger partial charge in [0.1, 0.15) is 5.82 Å². The highest BCUT2D eigenvalue weighted by Crippen LogP contribution is 2.39. The van der Waals surface area contributed by atoms with Crippen LogP contribution in [0, 0.1) is 6.92 Å². The summed E-state index contributed by atoms with van der Waals surface area (Å²) in [6, 6.07) is 20.4. The SMILES string of the molecule is Cc1nnc(S[C@H](C)C(=O)NC(c2ccccc2)c2ccccc2)n1C1CC1. The van der Waals surface area contributed by atoms with Crippen molar-refractivity contribution in [1.82, 2.24) is 20.1 Å². The number of carbonyl (C=O) groups excluding carboxylic acids is 1. The fourth-order valence-corrected chi connectivity index (χ4v) is 4.28. The van der Waals surface area contributed by atoms with Crippen LogP contribution in [0.2, 0.25) is 0 Å². The Balaban J connectivity index is 1.51. The quantitative estimate of drug-likeness (QED) is 0.609. The fourth-order valence-electron chi connectivity index (χ4n) is 3.30. The zero-order valence-corrected chi connectivity index (χ0v) is 16.9. The van der Waals surface area contributed by atoms with Crippen molar-refractivity contribution in [2.75, 3.05) is 0 Å². The predicted molar refractivity (Wildman–Crippen MR) is 111 cm³/mol. The Bertz CT molecular complexity index is 898.